The molecule has 7 nitrogen and oxygen atoms in total. The molecule has 2 N–H and O–H groups in total. The van der Waals surface area contributed by atoms with Gasteiger partial charge in [0, 0.05) is 28.9 Å². The molecule has 2 heterocycles. The van der Waals surface area contributed by atoms with Crippen LogP contribution in [0.4, 0.5) is 0 Å². The molecule has 0 aliphatic rings. The van der Waals surface area contributed by atoms with Crippen molar-refractivity contribution in [3.63, 3.8) is 0 Å². The van der Waals surface area contributed by atoms with Gasteiger partial charge in [-0.2, -0.15) is 0 Å². The van der Waals surface area contributed by atoms with Crippen LogP contribution < -0.4 is 15.7 Å². The number of aliphatic hydroxyl groups is 1. The second-order valence-corrected chi connectivity index (χ2v) is 7.27. The van der Waals surface area contributed by atoms with E-state index in [1.807, 2.05) is 35.7 Å². The summed E-state index contributed by atoms with van der Waals surface area (Å²) in [6.45, 7) is -0.171. The van der Waals surface area contributed by atoms with Gasteiger partial charge in [0.25, 0.3) is 5.91 Å². The third-order valence-electron chi connectivity index (χ3n) is 4.31. The van der Waals surface area contributed by atoms with Gasteiger partial charge < -0.3 is 19.6 Å². The van der Waals surface area contributed by atoms with Gasteiger partial charge in [0.15, 0.2) is 6.61 Å². The van der Waals surface area contributed by atoms with Gasteiger partial charge in [0.1, 0.15) is 16.3 Å². The average molecular weight is 422 g/mol. The number of hydrogen-bond donors (Lipinski definition) is 2. The summed E-state index contributed by atoms with van der Waals surface area (Å²) >= 11 is 1.46. The number of carbonyl (C=O) groups is 1. The Labute approximate surface area is 175 Å². The lowest BCUT2D eigenvalue weighted by molar-refractivity contribution is -0.123. The zero-order valence-electron chi connectivity index (χ0n) is 15.8. The summed E-state index contributed by atoms with van der Waals surface area (Å²) in [6, 6.07) is 16.5. The van der Waals surface area contributed by atoms with Crippen LogP contribution in [0.5, 0.6) is 5.75 Å². The van der Waals surface area contributed by atoms with Crippen molar-refractivity contribution in [1.82, 2.24) is 10.3 Å². The van der Waals surface area contributed by atoms with Crippen LogP contribution >= 0.6 is 11.3 Å². The van der Waals surface area contributed by atoms with E-state index in [2.05, 4.69) is 10.3 Å². The summed E-state index contributed by atoms with van der Waals surface area (Å²) in [4.78, 5) is 28.7. The lowest BCUT2D eigenvalue weighted by Gasteiger charge is -2.07. The van der Waals surface area contributed by atoms with Gasteiger partial charge in [-0.1, -0.05) is 30.3 Å². The summed E-state index contributed by atoms with van der Waals surface area (Å²) in [5.41, 5.74) is 1.80. The molecule has 2 aromatic heterocycles. The Hall–Kier alpha value is -3.49. The Morgan fingerprint density at radius 3 is 2.80 bits per heavy atom. The standard InChI is InChI=1S/C22H18N2O5S/c25-9-8-23-20(26)12-28-16-7-6-15-10-17(22(27)29-19(15)11-16)18-13-30-21(24-18)14-4-2-1-3-5-14/h1-7,10-11,13,25H,8-9,12H2,(H,23,26). The first-order valence-electron chi connectivity index (χ1n) is 9.23. The highest BCUT2D eigenvalue weighted by Gasteiger charge is 2.13. The average Bonchev–Trinajstić information content (AvgIpc) is 3.26. The van der Waals surface area contributed by atoms with E-state index in [0.717, 1.165) is 16.0 Å². The van der Waals surface area contributed by atoms with Gasteiger partial charge in [-0.3, -0.25) is 4.79 Å². The van der Waals surface area contributed by atoms with Crippen molar-refractivity contribution in [3.8, 4) is 27.6 Å². The predicted octanol–water partition coefficient (Wildman–Crippen LogP) is 3.07. The van der Waals surface area contributed by atoms with Crippen molar-refractivity contribution < 1.29 is 19.1 Å². The summed E-state index contributed by atoms with van der Waals surface area (Å²) in [6.07, 6.45) is 0. The zero-order valence-corrected chi connectivity index (χ0v) is 16.6. The number of benzene rings is 2. The van der Waals surface area contributed by atoms with Crippen LogP contribution in [-0.2, 0) is 4.79 Å². The normalized spacial score (nSPS) is 10.8. The second kappa shape index (κ2) is 8.89. The van der Waals surface area contributed by atoms with Crippen LogP contribution in [-0.4, -0.2) is 35.8 Å². The molecule has 0 unspecified atom stereocenters. The SMILES string of the molecule is O=C(COc1ccc2cc(-c3csc(-c4ccccc4)n3)c(=O)oc2c1)NCCO. The van der Waals surface area contributed by atoms with Crippen molar-refractivity contribution in [2.45, 2.75) is 0 Å². The maximum atomic E-state index is 12.5. The topological polar surface area (TPSA) is 102 Å². The number of rotatable bonds is 7. The minimum atomic E-state index is -0.495. The van der Waals surface area contributed by atoms with E-state index < -0.39 is 5.63 Å². The molecule has 8 heteroatoms. The van der Waals surface area contributed by atoms with Gasteiger partial charge in [-0.15, -0.1) is 11.3 Å². The van der Waals surface area contributed by atoms with E-state index in [4.69, 9.17) is 14.3 Å². The fourth-order valence-corrected chi connectivity index (χ4v) is 3.69. The van der Waals surface area contributed by atoms with Crippen LogP contribution in [0.1, 0.15) is 0 Å². The van der Waals surface area contributed by atoms with E-state index in [1.54, 1.807) is 24.3 Å². The smallest absolute Gasteiger partial charge is 0.345 e. The molecular weight excluding hydrogens is 404 g/mol. The number of nitrogens with one attached hydrogen (secondary N) is 1. The lowest BCUT2D eigenvalue weighted by atomic mass is 10.1. The maximum Gasteiger partial charge on any atom is 0.345 e. The largest absolute Gasteiger partial charge is 0.484 e. The maximum absolute atomic E-state index is 12.5. The third kappa shape index (κ3) is 4.40. The molecule has 152 valence electrons. The first kappa shape index (κ1) is 19.8. The summed E-state index contributed by atoms with van der Waals surface area (Å²) < 4.78 is 10.9. The van der Waals surface area contributed by atoms with Gasteiger partial charge in [0.2, 0.25) is 0 Å². The third-order valence-corrected chi connectivity index (χ3v) is 5.20. The first-order valence-corrected chi connectivity index (χ1v) is 10.1. The monoisotopic (exact) mass is 422 g/mol. The molecule has 0 aliphatic heterocycles. The van der Waals surface area contributed by atoms with Crippen molar-refractivity contribution in [1.29, 1.82) is 0 Å². The molecule has 2 aromatic carbocycles. The second-order valence-electron chi connectivity index (χ2n) is 6.41. The highest BCUT2D eigenvalue weighted by atomic mass is 32.1. The molecule has 0 spiro atoms. The number of carbonyl (C=O) groups excluding carboxylic acids is 1. The predicted molar refractivity (Wildman–Crippen MR) is 115 cm³/mol. The Kier molecular flexibility index (Phi) is 5.87. The van der Waals surface area contributed by atoms with Gasteiger partial charge >= 0.3 is 5.63 Å². The number of ether oxygens (including phenoxy) is 1. The molecule has 0 bridgehead atoms. The van der Waals surface area contributed by atoms with Crippen LogP contribution in [0.25, 0.3) is 32.8 Å². The van der Waals surface area contributed by atoms with Crippen molar-refractivity contribution in [2.24, 2.45) is 0 Å². The van der Waals surface area contributed by atoms with Gasteiger partial charge in [0.05, 0.1) is 17.9 Å². The molecule has 0 saturated carbocycles. The number of hydrogen-bond acceptors (Lipinski definition) is 7. The molecular formula is C22H18N2O5S. The Balaban J connectivity index is 1.57. The molecule has 0 saturated heterocycles. The van der Waals surface area contributed by atoms with Crippen LogP contribution in [0.3, 0.4) is 0 Å². The Bertz CT molecular complexity index is 1230. The molecule has 0 fully saturated rings. The Morgan fingerprint density at radius 2 is 2.00 bits per heavy atom. The van der Waals surface area contributed by atoms with Crippen molar-refractivity contribution in [3.05, 3.63) is 70.4 Å². The number of aromatic nitrogens is 1. The minimum Gasteiger partial charge on any atom is -0.484 e. The quantitative estimate of drug-likeness (QED) is 0.444. The number of nitrogens with zero attached hydrogens (tertiary/aromatic N) is 1. The molecule has 0 radical (unpaired) electrons. The Morgan fingerprint density at radius 1 is 1.17 bits per heavy atom. The highest BCUT2D eigenvalue weighted by molar-refractivity contribution is 7.13. The number of fused-ring (bicyclic) bond motifs is 1. The van der Waals surface area contributed by atoms with E-state index in [9.17, 15) is 9.59 Å². The van der Waals surface area contributed by atoms with E-state index in [-0.39, 0.29) is 25.7 Å². The summed E-state index contributed by atoms with van der Waals surface area (Å²) in [5.74, 6) is 0.0521. The van der Waals surface area contributed by atoms with E-state index >= 15 is 0 Å². The van der Waals surface area contributed by atoms with Gasteiger partial charge in [-0.05, 0) is 18.2 Å². The number of amides is 1. The summed E-state index contributed by atoms with van der Waals surface area (Å²) in [7, 11) is 0. The minimum absolute atomic E-state index is 0.138. The van der Waals surface area contributed by atoms with Crippen molar-refractivity contribution in [2.75, 3.05) is 19.8 Å². The van der Waals surface area contributed by atoms with E-state index in [1.165, 1.54) is 11.3 Å². The first-order chi connectivity index (χ1) is 14.6. The molecule has 30 heavy (non-hydrogen) atoms. The fraction of sp³-hybridized carbons (Fsp3) is 0.136. The van der Waals surface area contributed by atoms with Crippen molar-refractivity contribution >= 4 is 28.2 Å². The van der Waals surface area contributed by atoms with Crippen LogP contribution in [0, 0.1) is 0 Å². The molecule has 0 aliphatic carbocycles. The fourth-order valence-electron chi connectivity index (χ4n) is 2.87. The highest BCUT2D eigenvalue weighted by Crippen LogP contribution is 2.29. The molecule has 4 rings (SSSR count). The van der Waals surface area contributed by atoms with Gasteiger partial charge in [-0.25, -0.2) is 9.78 Å². The molecule has 4 aromatic rings. The number of thiazole rings is 1. The molecule has 0 atom stereocenters. The number of aliphatic hydroxyl groups excluding tert-OH is 1. The summed E-state index contributed by atoms with van der Waals surface area (Å²) in [5, 5.41) is 14.6. The van der Waals surface area contributed by atoms with E-state index in [0.29, 0.717) is 22.6 Å². The van der Waals surface area contributed by atoms with Crippen LogP contribution in [0.15, 0.2) is 69.2 Å². The zero-order chi connectivity index (χ0) is 20.9. The lowest BCUT2D eigenvalue weighted by Crippen LogP contribution is -2.31. The molecule has 1 amide bonds. The van der Waals surface area contributed by atoms with Crippen LogP contribution in [0.2, 0.25) is 0 Å².